The first-order chi connectivity index (χ1) is 13.5. The van der Waals surface area contributed by atoms with Crippen molar-refractivity contribution in [2.45, 2.75) is 42.4 Å². The molecule has 0 aromatic carbocycles. The summed E-state index contributed by atoms with van der Waals surface area (Å²) in [4.78, 5) is 29.1. The molecule has 0 amide bonds. The summed E-state index contributed by atoms with van der Waals surface area (Å²) >= 11 is 1.69. The van der Waals surface area contributed by atoms with Crippen molar-refractivity contribution in [2.24, 2.45) is 0 Å². The lowest BCUT2D eigenvalue weighted by Gasteiger charge is -2.19. The zero-order chi connectivity index (χ0) is 19.7. The Bertz CT molecular complexity index is 1250. The number of imidazole rings is 1. The first-order valence-corrected chi connectivity index (χ1v) is 11.7. The van der Waals surface area contributed by atoms with Crippen molar-refractivity contribution in [1.29, 1.82) is 0 Å². The molecule has 3 aromatic rings. The zero-order valence-electron chi connectivity index (χ0n) is 15.6. The van der Waals surface area contributed by atoms with Gasteiger partial charge in [0.05, 0.1) is 10.8 Å². The molecule has 0 unspecified atom stereocenters. The second-order valence-electron chi connectivity index (χ2n) is 6.65. The molecule has 0 saturated heterocycles. The predicted octanol–water partition coefficient (Wildman–Crippen LogP) is 1.83. The van der Waals surface area contributed by atoms with Crippen LogP contribution in [0, 0.1) is 0 Å². The van der Waals surface area contributed by atoms with Crippen molar-refractivity contribution in [3.63, 3.8) is 0 Å². The van der Waals surface area contributed by atoms with Crippen LogP contribution < -0.4 is 11.2 Å². The van der Waals surface area contributed by atoms with E-state index in [1.807, 2.05) is 28.8 Å². The van der Waals surface area contributed by atoms with E-state index in [0.717, 1.165) is 33.5 Å². The third-order valence-electron chi connectivity index (χ3n) is 4.77. The molecule has 0 spiro atoms. The molecule has 0 radical (unpaired) electrons. The molecule has 0 aliphatic carbocycles. The molecule has 8 nitrogen and oxygen atoms in total. The minimum Gasteiger partial charge on any atom is -0.294 e. The molecule has 1 aliphatic rings. The van der Waals surface area contributed by atoms with Crippen LogP contribution in [0.25, 0.3) is 5.65 Å². The van der Waals surface area contributed by atoms with Gasteiger partial charge in [-0.25, -0.2) is 18.2 Å². The van der Waals surface area contributed by atoms with E-state index in [2.05, 4.69) is 4.98 Å². The van der Waals surface area contributed by atoms with Crippen molar-refractivity contribution in [3.05, 3.63) is 57.5 Å². The Morgan fingerprint density at radius 1 is 1.17 bits per heavy atom. The van der Waals surface area contributed by atoms with Crippen molar-refractivity contribution in [1.82, 2.24) is 18.5 Å². The lowest BCUT2D eigenvalue weighted by atomic mass is 10.3. The first-order valence-electron chi connectivity index (χ1n) is 9.10. The normalized spacial score (nSPS) is 15.0. The number of rotatable bonds is 6. The number of fused-ring (bicyclic) bond motifs is 2. The fourth-order valence-corrected chi connectivity index (χ4v) is 5.90. The summed E-state index contributed by atoms with van der Waals surface area (Å²) in [5.41, 5.74) is -0.173. The zero-order valence-corrected chi connectivity index (χ0v) is 18.0. The van der Waals surface area contributed by atoms with E-state index in [4.69, 9.17) is 0 Å². The van der Waals surface area contributed by atoms with Crippen molar-refractivity contribution in [3.8, 4) is 0 Å². The third kappa shape index (κ3) is 4.29. The Kier molecular flexibility index (Phi) is 6.55. The Labute approximate surface area is 177 Å². The second kappa shape index (κ2) is 8.76. The highest BCUT2D eigenvalue weighted by atomic mass is 35.5. The molecular weight excluding hydrogens is 436 g/mol. The van der Waals surface area contributed by atoms with E-state index in [1.54, 1.807) is 18.0 Å². The first kappa shape index (κ1) is 21.7. The van der Waals surface area contributed by atoms with Crippen LogP contribution in [-0.2, 0) is 22.9 Å². The van der Waals surface area contributed by atoms with Crippen LogP contribution in [0.5, 0.6) is 0 Å². The number of nitrogens with zero attached hydrogens (tertiary/aromatic N) is 4. The summed E-state index contributed by atoms with van der Waals surface area (Å²) in [5.74, 6) is 0.823. The fourth-order valence-electron chi connectivity index (χ4n) is 3.37. The maximum Gasteiger partial charge on any atom is 0.331 e. The van der Waals surface area contributed by atoms with E-state index in [0.29, 0.717) is 19.4 Å². The van der Waals surface area contributed by atoms with Gasteiger partial charge in [-0.1, -0.05) is 6.07 Å². The van der Waals surface area contributed by atoms with Crippen molar-refractivity contribution in [2.75, 3.05) is 11.5 Å². The second-order valence-corrected chi connectivity index (χ2v) is 9.83. The van der Waals surface area contributed by atoms with Crippen LogP contribution in [0.4, 0.5) is 0 Å². The minimum atomic E-state index is -3.54. The Balaban J connectivity index is 0.00000240. The van der Waals surface area contributed by atoms with Gasteiger partial charge in [0, 0.05) is 31.5 Å². The number of thioether (sulfide) groups is 1. The SMILES string of the molecule is Cl.O=c1cc2n(c(=O)n1CCCCSc1cccc3nccn13)CCCS2(=O)=O. The van der Waals surface area contributed by atoms with Gasteiger partial charge in [-0.3, -0.25) is 18.3 Å². The summed E-state index contributed by atoms with van der Waals surface area (Å²) in [6.45, 7) is 0.617. The number of hydrogen-bond acceptors (Lipinski definition) is 6. The quantitative estimate of drug-likeness (QED) is 0.319. The highest BCUT2D eigenvalue weighted by Gasteiger charge is 2.26. The maximum absolute atomic E-state index is 12.6. The van der Waals surface area contributed by atoms with Gasteiger partial charge in [0.25, 0.3) is 5.56 Å². The van der Waals surface area contributed by atoms with E-state index in [9.17, 15) is 18.0 Å². The van der Waals surface area contributed by atoms with Crippen LogP contribution in [0.15, 0.2) is 56.3 Å². The Hall–Kier alpha value is -2.04. The van der Waals surface area contributed by atoms with Crippen LogP contribution in [-0.4, -0.2) is 38.4 Å². The molecule has 0 atom stereocenters. The number of halogens is 1. The summed E-state index contributed by atoms with van der Waals surface area (Å²) < 4.78 is 28.5. The molecule has 29 heavy (non-hydrogen) atoms. The van der Waals surface area contributed by atoms with Gasteiger partial charge in [-0.15, -0.1) is 24.2 Å². The highest BCUT2D eigenvalue weighted by molar-refractivity contribution is 7.99. The predicted molar refractivity (Wildman–Crippen MR) is 114 cm³/mol. The summed E-state index contributed by atoms with van der Waals surface area (Å²) in [6, 6.07) is 7.02. The largest absolute Gasteiger partial charge is 0.331 e. The molecule has 4 heterocycles. The van der Waals surface area contributed by atoms with Crippen LogP contribution in [0.2, 0.25) is 0 Å². The van der Waals surface area contributed by atoms with E-state index < -0.39 is 21.1 Å². The lowest BCUT2D eigenvalue weighted by molar-refractivity contribution is 0.471. The molecule has 1 aliphatic heterocycles. The van der Waals surface area contributed by atoms with Crippen molar-refractivity contribution >= 4 is 39.7 Å². The monoisotopic (exact) mass is 456 g/mol. The van der Waals surface area contributed by atoms with Gasteiger partial charge in [-0.05, 0) is 37.1 Å². The Morgan fingerprint density at radius 2 is 2.00 bits per heavy atom. The Morgan fingerprint density at radius 3 is 2.83 bits per heavy atom. The van der Waals surface area contributed by atoms with E-state index in [-0.39, 0.29) is 29.7 Å². The van der Waals surface area contributed by atoms with Gasteiger partial charge in [-0.2, -0.15) is 0 Å². The van der Waals surface area contributed by atoms with Crippen LogP contribution in [0.1, 0.15) is 19.3 Å². The topological polar surface area (TPSA) is 95.4 Å². The van der Waals surface area contributed by atoms with Crippen LogP contribution >= 0.6 is 24.2 Å². The molecule has 0 N–H and O–H groups in total. The van der Waals surface area contributed by atoms with Gasteiger partial charge < -0.3 is 0 Å². The summed E-state index contributed by atoms with van der Waals surface area (Å²) in [7, 11) is -3.54. The average Bonchev–Trinajstić information content (AvgIpc) is 3.14. The van der Waals surface area contributed by atoms with Crippen LogP contribution in [0.3, 0.4) is 0 Å². The molecule has 0 fully saturated rings. The molecular formula is C18H21ClN4O4S2. The van der Waals surface area contributed by atoms with Gasteiger partial charge >= 0.3 is 5.69 Å². The number of aromatic nitrogens is 4. The molecule has 11 heteroatoms. The average molecular weight is 457 g/mol. The fraction of sp³-hybridized carbons (Fsp3) is 0.389. The highest BCUT2D eigenvalue weighted by Crippen LogP contribution is 2.20. The van der Waals surface area contributed by atoms with Gasteiger partial charge in [0.1, 0.15) is 10.7 Å². The number of sulfone groups is 1. The number of hydrogen-bond donors (Lipinski definition) is 0. The van der Waals surface area contributed by atoms with E-state index in [1.165, 1.54) is 4.57 Å². The molecule has 156 valence electrons. The van der Waals surface area contributed by atoms with Gasteiger partial charge in [0.15, 0.2) is 9.84 Å². The number of unbranched alkanes of at least 4 members (excludes halogenated alkanes) is 1. The summed E-state index contributed by atoms with van der Waals surface area (Å²) in [5, 5.41) is 0.945. The summed E-state index contributed by atoms with van der Waals surface area (Å²) in [6.07, 6.45) is 5.55. The molecule has 0 saturated carbocycles. The lowest BCUT2D eigenvalue weighted by Crippen LogP contribution is -2.43. The third-order valence-corrected chi connectivity index (χ3v) is 7.69. The number of pyridine rings is 1. The molecule has 3 aromatic heterocycles. The van der Waals surface area contributed by atoms with Crippen molar-refractivity contribution < 1.29 is 8.42 Å². The minimum absolute atomic E-state index is 0. The smallest absolute Gasteiger partial charge is 0.294 e. The maximum atomic E-state index is 12.6. The molecule has 0 bridgehead atoms. The van der Waals surface area contributed by atoms with E-state index >= 15 is 0 Å². The standard InChI is InChI=1S/C18H20N4O4S2.ClH/c23-15-13-17-22(9-4-12-28(17,25)26)18(24)21(15)8-1-2-11-27-16-6-3-5-14-19-7-10-20(14)16;/h3,5-7,10,13H,1-2,4,8-9,11-12H2;1H. The molecule has 4 rings (SSSR count). The van der Waals surface area contributed by atoms with Gasteiger partial charge in [0.2, 0.25) is 0 Å².